The number of carbonyl (C=O) groups is 2. The van der Waals surface area contributed by atoms with Crippen LogP contribution in [0.25, 0.3) is 6.08 Å². The summed E-state index contributed by atoms with van der Waals surface area (Å²) in [5, 5.41) is 0.582. The molecular weight excluding hydrogens is 364 g/mol. The number of halogens is 1. The molecule has 2 heterocycles. The van der Waals surface area contributed by atoms with Crippen molar-refractivity contribution in [2.75, 3.05) is 13.1 Å². The van der Waals surface area contributed by atoms with Crippen molar-refractivity contribution in [1.29, 1.82) is 0 Å². The fourth-order valence-electron chi connectivity index (χ4n) is 3.39. The van der Waals surface area contributed by atoms with Gasteiger partial charge in [0, 0.05) is 23.7 Å². The fourth-order valence-corrected chi connectivity index (χ4v) is 3.59. The average Bonchev–Trinajstić information content (AvgIpc) is 2.68. The van der Waals surface area contributed by atoms with Crippen molar-refractivity contribution in [1.82, 2.24) is 4.90 Å². The lowest BCUT2D eigenvalue weighted by molar-refractivity contribution is -0.127. The third-order valence-corrected chi connectivity index (χ3v) is 5.01. The predicted octanol–water partition coefficient (Wildman–Crippen LogP) is 3.56. The maximum Gasteiger partial charge on any atom is 0.312 e. The molecule has 1 saturated heterocycles. The molecule has 1 aromatic rings. The van der Waals surface area contributed by atoms with E-state index in [1.165, 1.54) is 0 Å². The Morgan fingerprint density at radius 3 is 2.85 bits per heavy atom. The molecule has 27 heavy (non-hydrogen) atoms. The second kappa shape index (κ2) is 7.53. The first-order valence-electron chi connectivity index (χ1n) is 9.06. The van der Waals surface area contributed by atoms with Crippen LogP contribution < -0.4 is 0 Å². The molecule has 0 N–H and O–H groups in total. The van der Waals surface area contributed by atoms with Crippen molar-refractivity contribution in [2.45, 2.75) is 25.4 Å². The molecule has 1 aliphatic carbocycles. The van der Waals surface area contributed by atoms with E-state index in [0.29, 0.717) is 16.3 Å². The van der Waals surface area contributed by atoms with Crippen LogP contribution in [-0.2, 0) is 14.3 Å². The van der Waals surface area contributed by atoms with E-state index in [9.17, 15) is 9.59 Å². The Morgan fingerprint density at radius 2 is 2.07 bits per heavy atom. The molecule has 5 nitrogen and oxygen atoms in total. The summed E-state index contributed by atoms with van der Waals surface area (Å²) in [6, 6.07) is 7.15. The molecule has 2 aliphatic heterocycles. The van der Waals surface area contributed by atoms with E-state index in [0.717, 1.165) is 37.9 Å². The van der Waals surface area contributed by atoms with Gasteiger partial charge >= 0.3 is 5.91 Å². The van der Waals surface area contributed by atoms with E-state index < -0.39 is 12.0 Å². The normalized spacial score (nSPS) is 23.4. The molecule has 1 unspecified atom stereocenters. The maximum atomic E-state index is 12.6. The largest absolute Gasteiger partial charge is 0.474 e. The van der Waals surface area contributed by atoms with Crippen molar-refractivity contribution < 1.29 is 14.3 Å². The average molecular weight is 383 g/mol. The van der Waals surface area contributed by atoms with Crippen molar-refractivity contribution in [2.24, 2.45) is 4.99 Å². The van der Waals surface area contributed by atoms with Crippen molar-refractivity contribution in [3.63, 3.8) is 0 Å². The predicted molar refractivity (Wildman–Crippen MR) is 104 cm³/mol. The summed E-state index contributed by atoms with van der Waals surface area (Å²) in [4.78, 5) is 31.0. The molecule has 0 radical (unpaired) electrons. The SMILES string of the molecule is O=C1N=C2C=C(C(=O)N3CCCCC3)C=CC2O/C1=C/c1cccc(Cl)c1. The van der Waals surface area contributed by atoms with Gasteiger partial charge in [-0.05, 0) is 61.3 Å². The standard InChI is InChI=1S/C21H19ClN2O3/c22-16-6-4-5-14(11-16)12-19-20(25)23-17-13-15(7-8-18(17)27-19)21(26)24-9-2-1-3-10-24/h4-8,11-13,18H,1-3,9-10H2/b19-12+. The first-order chi connectivity index (χ1) is 13.1. The topological polar surface area (TPSA) is 59.0 Å². The van der Waals surface area contributed by atoms with Crippen LogP contribution in [0.3, 0.4) is 0 Å². The molecular formula is C21H19ClN2O3. The van der Waals surface area contributed by atoms with E-state index >= 15 is 0 Å². The minimum Gasteiger partial charge on any atom is -0.474 e. The first kappa shape index (κ1) is 17.7. The number of piperidine rings is 1. The molecule has 0 saturated carbocycles. The van der Waals surface area contributed by atoms with E-state index in [2.05, 4.69) is 4.99 Å². The number of benzene rings is 1. The number of amides is 2. The molecule has 1 aromatic carbocycles. The van der Waals surface area contributed by atoms with Crippen molar-refractivity contribution in [3.05, 3.63) is 64.4 Å². The van der Waals surface area contributed by atoms with Gasteiger partial charge in [0.25, 0.3) is 5.91 Å². The summed E-state index contributed by atoms with van der Waals surface area (Å²) in [5.41, 5.74) is 1.78. The van der Waals surface area contributed by atoms with E-state index in [1.807, 2.05) is 11.0 Å². The Labute approximate surface area is 162 Å². The molecule has 1 atom stereocenters. The van der Waals surface area contributed by atoms with Gasteiger partial charge in [0.05, 0.1) is 5.71 Å². The summed E-state index contributed by atoms with van der Waals surface area (Å²) in [6.45, 7) is 1.56. The number of nitrogens with zero attached hydrogens (tertiary/aromatic N) is 2. The molecule has 4 rings (SSSR count). The number of fused-ring (bicyclic) bond motifs is 1. The minimum atomic E-state index is -0.467. The van der Waals surface area contributed by atoms with Gasteiger partial charge in [-0.3, -0.25) is 9.59 Å². The summed E-state index contributed by atoms with van der Waals surface area (Å²) in [5.74, 6) is -0.313. The van der Waals surface area contributed by atoms with Gasteiger partial charge in [-0.15, -0.1) is 0 Å². The van der Waals surface area contributed by atoms with Gasteiger partial charge in [0.1, 0.15) is 0 Å². The fraction of sp³-hybridized carbons (Fsp3) is 0.286. The number of carbonyl (C=O) groups excluding carboxylic acids is 2. The van der Waals surface area contributed by atoms with Crippen LogP contribution in [0.4, 0.5) is 0 Å². The number of aliphatic imine (C=N–C) groups is 1. The van der Waals surface area contributed by atoms with Crippen LogP contribution in [0, 0.1) is 0 Å². The van der Waals surface area contributed by atoms with Gasteiger partial charge in [-0.2, -0.15) is 0 Å². The number of likely N-dealkylation sites (tertiary alicyclic amines) is 1. The lowest BCUT2D eigenvalue weighted by Crippen LogP contribution is -2.38. The molecule has 1 fully saturated rings. The Morgan fingerprint density at radius 1 is 1.26 bits per heavy atom. The van der Waals surface area contributed by atoms with E-state index in [1.54, 1.807) is 42.5 Å². The third kappa shape index (κ3) is 3.88. The van der Waals surface area contributed by atoms with Gasteiger partial charge in [-0.25, -0.2) is 4.99 Å². The van der Waals surface area contributed by atoms with E-state index in [-0.39, 0.29) is 11.7 Å². The van der Waals surface area contributed by atoms with Crippen LogP contribution in [0.15, 0.2) is 58.8 Å². The van der Waals surface area contributed by atoms with Gasteiger partial charge in [0.2, 0.25) is 0 Å². The second-order valence-electron chi connectivity index (χ2n) is 6.76. The Hall–Kier alpha value is -2.66. The van der Waals surface area contributed by atoms with Crippen LogP contribution in [0.2, 0.25) is 5.02 Å². The number of rotatable bonds is 2. The monoisotopic (exact) mass is 382 g/mol. The number of hydrogen-bond donors (Lipinski definition) is 0. The summed E-state index contributed by atoms with van der Waals surface area (Å²) in [7, 11) is 0. The first-order valence-corrected chi connectivity index (χ1v) is 9.44. The Balaban J connectivity index is 1.55. The highest BCUT2D eigenvalue weighted by Crippen LogP contribution is 2.24. The highest BCUT2D eigenvalue weighted by atomic mass is 35.5. The molecule has 6 heteroatoms. The number of ether oxygens (including phenoxy) is 1. The van der Waals surface area contributed by atoms with Crippen molar-refractivity contribution >= 4 is 35.2 Å². The van der Waals surface area contributed by atoms with Gasteiger partial charge < -0.3 is 9.64 Å². The number of hydrogen-bond acceptors (Lipinski definition) is 3. The second-order valence-corrected chi connectivity index (χ2v) is 7.19. The van der Waals surface area contributed by atoms with Gasteiger partial charge in [-0.1, -0.05) is 23.7 Å². The highest BCUT2D eigenvalue weighted by molar-refractivity contribution is 6.30. The third-order valence-electron chi connectivity index (χ3n) is 4.78. The quantitative estimate of drug-likeness (QED) is 0.735. The molecule has 138 valence electrons. The zero-order valence-corrected chi connectivity index (χ0v) is 15.5. The molecule has 0 spiro atoms. The Kier molecular flexibility index (Phi) is 4.94. The molecule has 2 amide bonds. The Bertz CT molecular complexity index is 908. The lowest BCUT2D eigenvalue weighted by atomic mass is 9.99. The smallest absolute Gasteiger partial charge is 0.312 e. The van der Waals surface area contributed by atoms with Crippen LogP contribution in [-0.4, -0.2) is 41.6 Å². The zero-order valence-electron chi connectivity index (χ0n) is 14.7. The summed E-state index contributed by atoms with van der Waals surface area (Å²) < 4.78 is 5.80. The lowest BCUT2D eigenvalue weighted by Gasteiger charge is -2.29. The maximum absolute atomic E-state index is 12.6. The minimum absolute atomic E-state index is 0.0141. The van der Waals surface area contributed by atoms with Crippen LogP contribution >= 0.6 is 11.6 Å². The molecule has 0 aromatic heterocycles. The van der Waals surface area contributed by atoms with Crippen LogP contribution in [0.1, 0.15) is 24.8 Å². The highest BCUT2D eigenvalue weighted by Gasteiger charge is 2.30. The summed E-state index contributed by atoms with van der Waals surface area (Å²) in [6.07, 6.45) is 9.58. The zero-order chi connectivity index (χ0) is 18.8. The van der Waals surface area contributed by atoms with Crippen LogP contribution in [0.5, 0.6) is 0 Å². The van der Waals surface area contributed by atoms with E-state index in [4.69, 9.17) is 16.3 Å². The molecule has 0 bridgehead atoms. The van der Waals surface area contributed by atoms with Gasteiger partial charge in [0.15, 0.2) is 11.9 Å². The summed E-state index contributed by atoms with van der Waals surface area (Å²) >= 11 is 5.98. The van der Waals surface area contributed by atoms with Crippen molar-refractivity contribution in [3.8, 4) is 0 Å². The molecule has 3 aliphatic rings.